The van der Waals surface area contributed by atoms with Crippen molar-refractivity contribution in [2.45, 2.75) is 31.8 Å². The van der Waals surface area contributed by atoms with Gasteiger partial charge in [-0.3, -0.25) is 4.79 Å². The highest BCUT2D eigenvalue weighted by molar-refractivity contribution is 5.73. The first-order valence-corrected chi connectivity index (χ1v) is 5.63. The minimum atomic E-state index is -0.274. The number of ether oxygens (including phenoxy) is 2. The van der Waals surface area contributed by atoms with Gasteiger partial charge in [0.05, 0.1) is 19.6 Å². The van der Waals surface area contributed by atoms with Crippen LogP contribution in [0.3, 0.4) is 0 Å². The van der Waals surface area contributed by atoms with Crippen LogP contribution in [-0.4, -0.2) is 24.8 Å². The highest BCUT2D eigenvalue weighted by Crippen LogP contribution is 2.45. The summed E-state index contributed by atoms with van der Waals surface area (Å²) in [6.45, 7) is 7.19. The second-order valence-electron chi connectivity index (χ2n) is 4.44. The fourth-order valence-corrected chi connectivity index (χ4v) is 2.94. The van der Waals surface area contributed by atoms with Gasteiger partial charge < -0.3 is 9.47 Å². The molecule has 0 saturated carbocycles. The van der Waals surface area contributed by atoms with E-state index < -0.39 is 0 Å². The van der Waals surface area contributed by atoms with Gasteiger partial charge >= 0.3 is 5.97 Å². The number of allylic oxidation sites excluding steroid dienone is 1. The summed E-state index contributed by atoms with van der Waals surface area (Å²) in [6, 6.07) is 0. The first-order valence-electron chi connectivity index (χ1n) is 5.63. The molecule has 15 heavy (non-hydrogen) atoms. The highest BCUT2D eigenvalue weighted by Gasteiger charge is 2.54. The topological polar surface area (TPSA) is 35.5 Å². The second-order valence-corrected chi connectivity index (χ2v) is 4.44. The van der Waals surface area contributed by atoms with Gasteiger partial charge in [-0.2, -0.15) is 0 Å². The van der Waals surface area contributed by atoms with Gasteiger partial charge in [0.25, 0.3) is 0 Å². The van der Waals surface area contributed by atoms with Crippen molar-refractivity contribution in [1.29, 1.82) is 0 Å². The standard InChI is InChI=1S/C12H18O3/c1-3-5-9-7-14-8-10-6-11(13)15-12(9,10)4-2/h3,9-10H,1,4-8H2,2H3/t9-,10+,12-/m0/s1. The molecule has 3 atom stereocenters. The Bertz CT molecular complexity index is 274. The average Bonchev–Trinajstić information content (AvgIpc) is 2.56. The number of hydrogen-bond acceptors (Lipinski definition) is 3. The Labute approximate surface area is 90.4 Å². The van der Waals surface area contributed by atoms with Crippen LogP contribution in [0.2, 0.25) is 0 Å². The minimum absolute atomic E-state index is 0.0681. The quantitative estimate of drug-likeness (QED) is 0.527. The number of carbonyl (C=O) groups is 1. The lowest BCUT2D eigenvalue weighted by molar-refractivity contribution is -0.169. The maximum Gasteiger partial charge on any atom is 0.306 e. The van der Waals surface area contributed by atoms with Crippen LogP contribution in [0.5, 0.6) is 0 Å². The zero-order chi connectivity index (χ0) is 10.9. The van der Waals surface area contributed by atoms with Crippen LogP contribution in [0.1, 0.15) is 26.2 Å². The van der Waals surface area contributed by atoms with Gasteiger partial charge in [0.2, 0.25) is 0 Å². The van der Waals surface area contributed by atoms with Crippen molar-refractivity contribution < 1.29 is 14.3 Å². The van der Waals surface area contributed by atoms with E-state index in [1.807, 2.05) is 6.08 Å². The predicted molar refractivity (Wildman–Crippen MR) is 56.3 cm³/mol. The van der Waals surface area contributed by atoms with Crippen LogP contribution in [0.15, 0.2) is 12.7 Å². The van der Waals surface area contributed by atoms with Crippen molar-refractivity contribution >= 4 is 5.97 Å². The van der Waals surface area contributed by atoms with Gasteiger partial charge in [0, 0.05) is 11.8 Å². The minimum Gasteiger partial charge on any atom is -0.458 e. The highest BCUT2D eigenvalue weighted by atomic mass is 16.6. The molecule has 0 spiro atoms. The molecule has 0 unspecified atom stereocenters. The van der Waals surface area contributed by atoms with E-state index in [1.54, 1.807) is 0 Å². The fourth-order valence-electron chi connectivity index (χ4n) is 2.94. The molecule has 0 bridgehead atoms. The Morgan fingerprint density at radius 2 is 2.40 bits per heavy atom. The molecule has 3 heteroatoms. The van der Waals surface area contributed by atoms with Gasteiger partial charge in [-0.1, -0.05) is 13.0 Å². The molecule has 0 aromatic rings. The molecule has 0 aromatic heterocycles. The number of carbonyl (C=O) groups excluding carboxylic acids is 1. The first kappa shape index (κ1) is 10.7. The van der Waals surface area contributed by atoms with Crippen molar-refractivity contribution in [3.63, 3.8) is 0 Å². The third kappa shape index (κ3) is 1.59. The molecule has 84 valence electrons. The number of hydrogen-bond donors (Lipinski definition) is 0. The smallest absolute Gasteiger partial charge is 0.306 e. The summed E-state index contributed by atoms with van der Waals surface area (Å²) in [6.07, 6.45) is 4.14. The molecule has 2 heterocycles. The van der Waals surface area contributed by atoms with Crippen molar-refractivity contribution in [2.24, 2.45) is 11.8 Å². The van der Waals surface area contributed by atoms with Crippen LogP contribution < -0.4 is 0 Å². The lowest BCUT2D eigenvalue weighted by atomic mass is 9.73. The lowest BCUT2D eigenvalue weighted by Crippen LogP contribution is -2.50. The summed E-state index contributed by atoms with van der Waals surface area (Å²) < 4.78 is 11.1. The molecule has 0 radical (unpaired) electrons. The van der Waals surface area contributed by atoms with Crippen LogP contribution in [-0.2, 0) is 14.3 Å². The van der Waals surface area contributed by atoms with E-state index in [9.17, 15) is 4.79 Å². The molecule has 0 aromatic carbocycles. The monoisotopic (exact) mass is 210 g/mol. The Morgan fingerprint density at radius 3 is 3.07 bits per heavy atom. The second kappa shape index (κ2) is 3.97. The summed E-state index contributed by atoms with van der Waals surface area (Å²) in [7, 11) is 0. The van der Waals surface area contributed by atoms with E-state index in [0.717, 1.165) is 12.8 Å². The third-order valence-electron chi connectivity index (χ3n) is 3.74. The van der Waals surface area contributed by atoms with Gasteiger partial charge in [-0.15, -0.1) is 6.58 Å². The third-order valence-corrected chi connectivity index (χ3v) is 3.74. The molecule has 3 nitrogen and oxygen atoms in total. The van der Waals surface area contributed by atoms with E-state index in [2.05, 4.69) is 13.5 Å². The summed E-state index contributed by atoms with van der Waals surface area (Å²) in [5.41, 5.74) is -0.274. The van der Waals surface area contributed by atoms with Crippen LogP contribution >= 0.6 is 0 Å². The summed E-state index contributed by atoms with van der Waals surface area (Å²) in [5.74, 6) is 0.459. The zero-order valence-electron chi connectivity index (χ0n) is 9.20. The molecule has 2 saturated heterocycles. The number of esters is 1. The van der Waals surface area contributed by atoms with Gasteiger partial charge in [-0.25, -0.2) is 0 Å². The van der Waals surface area contributed by atoms with E-state index in [1.165, 1.54) is 0 Å². The van der Waals surface area contributed by atoms with Crippen LogP contribution in [0, 0.1) is 11.8 Å². The van der Waals surface area contributed by atoms with Gasteiger partial charge in [-0.05, 0) is 12.8 Å². The molecule has 0 aliphatic carbocycles. The normalized spacial score (nSPS) is 39.7. The summed E-state index contributed by atoms with van der Waals surface area (Å²) >= 11 is 0. The van der Waals surface area contributed by atoms with E-state index in [4.69, 9.17) is 9.47 Å². The Morgan fingerprint density at radius 1 is 1.60 bits per heavy atom. The largest absolute Gasteiger partial charge is 0.458 e. The van der Waals surface area contributed by atoms with E-state index in [-0.39, 0.29) is 23.4 Å². The van der Waals surface area contributed by atoms with Crippen molar-refractivity contribution in [2.75, 3.05) is 13.2 Å². The number of fused-ring (bicyclic) bond motifs is 1. The van der Waals surface area contributed by atoms with Crippen molar-refractivity contribution in [3.8, 4) is 0 Å². The fraction of sp³-hybridized carbons (Fsp3) is 0.750. The lowest BCUT2D eigenvalue weighted by Gasteiger charge is -2.43. The van der Waals surface area contributed by atoms with E-state index >= 15 is 0 Å². The first-order chi connectivity index (χ1) is 7.23. The summed E-state index contributed by atoms with van der Waals surface area (Å²) in [4.78, 5) is 11.4. The molecular formula is C12H18O3. The van der Waals surface area contributed by atoms with Crippen LogP contribution in [0.25, 0.3) is 0 Å². The van der Waals surface area contributed by atoms with E-state index in [0.29, 0.717) is 19.6 Å². The van der Waals surface area contributed by atoms with Crippen molar-refractivity contribution in [3.05, 3.63) is 12.7 Å². The average molecular weight is 210 g/mol. The van der Waals surface area contributed by atoms with Crippen LogP contribution in [0.4, 0.5) is 0 Å². The van der Waals surface area contributed by atoms with Crippen molar-refractivity contribution in [1.82, 2.24) is 0 Å². The summed E-state index contributed by atoms with van der Waals surface area (Å²) in [5, 5.41) is 0. The predicted octanol–water partition coefficient (Wildman–Crippen LogP) is 1.92. The molecule has 0 amide bonds. The zero-order valence-corrected chi connectivity index (χ0v) is 9.20. The van der Waals surface area contributed by atoms with Gasteiger partial charge in [0.15, 0.2) is 0 Å². The molecule has 2 rings (SSSR count). The number of rotatable bonds is 3. The molecule has 2 aliphatic rings. The van der Waals surface area contributed by atoms with Gasteiger partial charge in [0.1, 0.15) is 5.60 Å². The molecular weight excluding hydrogens is 192 g/mol. The maximum absolute atomic E-state index is 11.4. The Kier molecular flexibility index (Phi) is 2.83. The molecule has 2 fully saturated rings. The SMILES string of the molecule is C=CC[C@H]1COC[C@H]2CC(=O)O[C@@]12CC. The Hall–Kier alpha value is -0.830. The Balaban J connectivity index is 2.24. The molecule has 2 aliphatic heterocycles. The maximum atomic E-state index is 11.4. The molecule has 0 N–H and O–H groups in total.